The lowest BCUT2D eigenvalue weighted by Gasteiger charge is -2.37. The third kappa shape index (κ3) is 3.26. The van der Waals surface area contributed by atoms with E-state index in [0.29, 0.717) is 31.2 Å². The molecular weight excluding hydrogens is 334 g/mol. The number of carbonyl (C=O) groups excluding carboxylic acids is 1. The van der Waals surface area contributed by atoms with Gasteiger partial charge in [-0.1, -0.05) is 0 Å². The van der Waals surface area contributed by atoms with Crippen LogP contribution in [0.15, 0.2) is 9.59 Å². The van der Waals surface area contributed by atoms with E-state index in [4.69, 9.17) is 0 Å². The van der Waals surface area contributed by atoms with Gasteiger partial charge in [-0.15, -0.1) is 0 Å². The highest BCUT2D eigenvalue weighted by molar-refractivity contribution is 5.76. The Balaban J connectivity index is 1.75. The smallest absolute Gasteiger partial charge is 0.332 e. The van der Waals surface area contributed by atoms with Gasteiger partial charge >= 0.3 is 5.69 Å². The highest BCUT2D eigenvalue weighted by atomic mass is 16.2. The lowest BCUT2D eigenvalue weighted by molar-refractivity contribution is -0.134. The van der Waals surface area contributed by atoms with Crippen molar-refractivity contribution in [3.63, 3.8) is 0 Å². The fourth-order valence-electron chi connectivity index (χ4n) is 4.00. The predicted molar refractivity (Wildman–Crippen MR) is 97.0 cm³/mol. The molecule has 2 aliphatic heterocycles. The zero-order chi connectivity index (χ0) is 18.8. The molecule has 3 rings (SSSR count). The van der Waals surface area contributed by atoms with E-state index in [0.717, 1.165) is 43.3 Å². The largest absolute Gasteiger partial charge is 0.357 e. The summed E-state index contributed by atoms with van der Waals surface area (Å²) in [6, 6.07) is 1.97. The molecule has 1 aromatic heterocycles. The number of hydrogen-bond donors (Lipinski definition) is 0. The molecule has 8 nitrogen and oxygen atoms in total. The number of anilines is 1. The first-order valence-electron chi connectivity index (χ1n) is 9.17. The Kier molecular flexibility index (Phi) is 5.16. The number of likely N-dealkylation sites (tertiary alicyclic amines) is 1. The number of aromatic nitrogens is 2. The van der Waals surface area contributed by atoms with E-state index in [1.807, 2.05) is 15.9 Å². The minimum Gasteiger partial charge on any atom is -0.357 e. The van der Waals surface area contributed by atoms with Crippen LogP contribution in [0.3, 0.4) is 0 Å². The van der Waals surface area contributed by atoms with Crippen LogP contribution in [0.2, 0.25) is 0 Å². The highest BCUT2D eigenvalue weighted by Gasteiger charge is 2.28. The quantitative estimate of drug-likeness (QED) is 0.768. The summed E-state index contributed by atoms with van der Waals surface area (Å²) in [5.74, 6) is 1.08. The van der Waals surface area contributed by atoms with Crippen LogP contribution >= 0.6 is 0 Å². The molecule has 0 bridgehead atoms. The Labute approximate surface area is 152 Å². The van der Waals surface area contributed by atoms with E-state index in [-0.39, 0.29) is 11.5 Å². The highest BCUT2D eigenvalue weighted by Crippen LogP contribution is 2.25. The van der Waals surface area contributed by atoms with Crippen LogP contribution in [-0.4, -0.2) is 46.1 Å². The molecule has 0 radical (unpaired) electrons. The average molecular weight is 359 g/mol. The van der Waals surface area contributed by atoms with Gasteiger partial charge in [0.15, 0.2) is 5.56 Å². The minimum absolute atomic E-state index is 0.0132. The van der Waals surface area contributed by atoms with Crippen LogP contribution in [-0.2, 0) is 18.9 Å². The van der Waals surface area contributed by atoms with E-state index in [9.17, 15) is 19.6 Å². The van der Waals surface area contributed by atoms with Crippen LogP contribution in [0.5, 0.6) is 0 Å². The molecule has 0 aromatic carbocycles. The molecule has 140 valence electrons. The minimum atomic E-state index is -0.549. The van der Waals surface area contributed by atoms with Crippen molar-refractivity contribution in [2.75, 3.05) is 31.1 Å². The summed E-state index contributed by atoms with van der Waals surface area (Å²) in [5, 5.41) is 9.42. The first kappa shape index (κ1) is 18.2. The van der Waals surface area contributed by atoms with Gasteiger partial charge in [-0.25, -0.2) is 4.79 Å². The maximum absolute atomic E-state index is 12.3. The molecule has 0 atom stereocenters. The normalized spacial score (nSPS) is 18.9. The number of hydrogen-bond acceptors (Lipinski definition) is 5. The fraction of sp³-hybridized carbons (Fsp3) is 0.667. The molecule has 0 saturated carbocycles. The number of amides is 1. The molecule has 2 fully saturated rings. The van der Waals surface area contributed by atoms with Gasteiger partial charge in [0.1, 0.15) is 11.9 Å². The average Bonchev–Trinajstić information content (AvgIpc) is 2.65. The van der Waals surface area contributed by atoms with Crippen molar-refractivity contribution in [1.82, 2.24) is 14.0 Å². The molecule has 0 unspecified atom stereocenters. The molecule has 3 heterocycles. The van der Waals surface area contributed by atoms with Crippen LogP contribution in [0.25, 0.3) is 0 Å². The summed E-state index contributed by atoms with van der Waals surface area (Å²) < 4.78 is 2.35. The Morgan fingerprint density at radius 2 is 1.73 bits per heavy atom. The van der Waals surface area contributed by atoms with Gasteiger partial charge in [0.05, 0.1) is 0 Å². The molecule has 1 amide bonds. The van der Waals surface area contributed by atoms with Gasteiger partial charge in [-0.05, 0) is 31.6 Å². The van der Waals surface area contributed by atoms with Gasteiger partial charge in [-0.2, -0.15) is 5.26 Å². The molecule has 1 aromatic rings. The second-order valence-corrected chi connectivity index (χ2v) is 7.24. The molecule has 2 saturated heterocycles. The Morgan fingerprint density at radius 3 is 2.35 bits per heavy atom. The van der Waals surface area contributed by atoms with Crippen molar-refractivity contribution in [2.45, 2.75) is 32.1 Å². The Bertz CT molecular complexity index is 855. The fourth-order valence-corrected chi connectivity index (χ4v) is 4.00. The number of nitrogens with zero attached hydrogens (tertiary/aromatic N) is 5. The van der Waals surface area contributed by atoms with Gasteiger partial charge in [-0.3, -0.25) is 18.7 Å². The summed E-state index contributed by atoms with van der Waals surface area (Å²) in [4.78, 5) is 40.4. The van der Waals surface area contributed by atoms with E-state index in [1.165, 1.54) is 11.6 Å². The van der Waals surface area contributed by atoms with Gasteiger partial charge in [0, 0.05) is 46.7 Å². The summed E-state index contributed by atoms with van der Waals surface area (Å²) in [6.07, 6.45) is 4.46. The standard InChI is InChI=1S/C18H25N5O3/c1-20-16(14(11-19)17(25)21(2)18(20)26)22-9-6-13(7-10-22)12-23-8-4-3-5-15(23)24/h13H,3-10,12H2,1-2H3. The molecule has 0 N–H and O–H groups in total. The molecule has 0 aliphatic carbocycles. The molecule has 26 heavy (non-hydrogen) atoms. The lowest BCUT2D eigenvalue weighted by Crippen LogP contribution is -2.46. The van der Waals surface area contributed by atoms with Crippen molar-refractivity contribution in [1.29, 1.82) is 5.26 Å². The number of piperidine rings is 2. The Morgan fingerprint density at radius 1 is 1.04 bits per heavy atom. The second-order valence-electron chi connectivity index (χ2n) is 7.24. The predicted octanol–water partition coefficient (Wildman–Crippen LogP) is 0.185. The van der Waals surface area contributed by atoms with Gasteiger partial charge in [0.25, 0.3) is 5.56 Å². The van der Waals surface area contributed by atoms with Crippen LogP contribution < -0.4 is 16.1 Å². The number of carbonyl (C=O) groups is 1. The van der Waals surface area contributed by atoms with Crippen molar-refractivity contribution in [3.05, 3.63) is 26.4 Å². The number of nitriles is 1. The summed E-state index contributed by atoms with van der Waals surface area (Å²) >= 11 is 0. The van der Waals surface area contributed by atoms with Crippen LogP contribution in [0.4, 0.5) is 5.82 Å². The second kappa shape index (κ2) is 7.36. The zero-order valence-corrected chi connectivity index (χ0v) is 15.4. The lowest BCUT2D eigenvalue weighted by atomic mass is 9.95. The third-order valence-electron chi connectivity index (χ3n) is 5.56. The molecule has 8 heteroatoms. The van der Waals surface area contributed by atoms with Crippen molar-refractivity contribution >= 4 is 11.7 Å². The first-order chi connectivity index (χ1) is 12.4. The maximum Gasteiger partial charge on any atom is 0.332 e. The summed E-state index contributed by atoms with van der Waals surface area (Å²) in [6.45, 7) is 2.97. The Hall–Kier alpha value is -2.56. The van der Waals surface area contributed by atoms with Crippen molar-refractivity contribution < 1.29 is 4.79 Å². The first-order valence-corrected chi connectivity index (χ1v) is 9.17. The molecular formula is C18H25N5O3. The van der Waals surface area contributed by atoms with E-state index in [1.54, 1.807) is 7.05 Å². The maximum atomic E-state index is 12.3. The van der Waals surface area contributed by atoms with Crippen molar-refractivity contribution in [2.24, 2.45) is 20.0 Å². The topological polar surface area (TPSA) is 91.3 Å². The van der Waals surface area contributed by atoms with E-state index in [2.05, 4.69) is 0 Å². The summed E-state index contributed by atoms with van der Waals surface area (Å²) in [5.41, 5.74) is -0.962. The third-order valence-corrected chi connectivity index (χ3v) is 5.56. The van der Waals surface area contributed by atoms with Crippen molar-refractivity contribution in [3.8, 4) is 6.07 Å². The SMILES string of the molecule is Cn1c(N2CCC(CN3CCCCC3=O)CC2)c(C#N)c(=O)n(C)c1=O. The zero-order valence-electron chi connectivity index (χ0n) is 15.4. The summed E-state index contributed by atoms with van der Waals surface area (Å²) in [7, 11) is 2.98. The van der Waals surface area contributed by atoms with E-state index >= 15 is 0 Å². The van der Waals surface area contributed by atoms with Gasteiger partial charge in [0.2, 0.25) is 5.91 Å². The van der Waals surface area contributed by atoms with E-state index < -0.39 is 11.2 Å². The molecule has 0 spiro atoms. The van der Waals surface area contributed by atoms with Crippen LogP contribution in [0, 0.1) is 17.2 Å². The monoisotopic (exact) mass is 359 g/mol. The van der Waals surface area contributed by atoms with Crippen LogP contribution in [0.1, 0.15) is 37.7 Å². The molecule has 2 aliphatic rings. The number of rotatable bonds is 3. The van der Waals surface area contributed by atoms with Gasteiger partial charge < -0.3 is 9.80 Å².